The Morgan fingerprint density at radius 1 is 1.10 bits per heavy atom. The molecule has 150 valence electrons. The standard InChI is InChI=1S/C21H22N4O3S/c1-24(2)21(27)29-18-10-6-16(7-11-18)23-20(26)15-4-8-17(9-5-15)28-14-19-22-12-13-25(19)3/h4-13H,14H2,1-3H3,(H,23,26). The first-order chi connectivity index (χ1) is 13.9. The molecule has 2 aromatic carbocycles. The molecule has 1 heterocycles. The zero-order chi connectivity index (χ0) is 20.8. The number of thioether (sulfide) groups is 1. The zero-order valence-electron chi connectivity index (χ0n) is 16.5. The maximum Gasteiger partial charge on any atom is 0.285 e. The number of imidazole rings is 1. The molecule has 2 amide bonds. The Hall–Kier alpha value is -3.26. The Morgan fingerprint density at radius 2 is 1.79 bits per heavy atom. The normalized spacial score (nSPS) is 10.4. The molecule has 1 aromatic heterocycles. The molecule has 0 fully saturated rings. The first-order valence-electron chi connectivity index (χ1n) is 8.92. The summed E-state index contributed by atoms with van der Waals surface area (Å²) in [6.07, 6.45) is 3.58. The number of aromatic nitrogens is 2. The molecule has 0 radical (unpaired) electrons. The second-order valence-corrected chi connectivity index (χ2v) is 7.53. The van der Waals surface area contributed by atoms with Gasteiger partial charge in [0.15, 0.2) is 0 Å². The number of carbonyl (C=O) groups is 2. The van der Waals surface area contributed by atoms with Gasteiger partial charge in [-0.25, -0.2) is 4.98 Å². The largest absolute Gasteiger partial charge is 0.486 e. The lowest BCUT2D eigenvalue weighted by Crippen LogP contribution is -2.16. The fourth-order valence-electron chi connectivity index (χ4n) is 2.39. The van der Waals surface area contributed by atoms with Crippen molar-refractivity contribution in [2.45, 2.75) is 11.5 Å². The van der Waals surface area contributed by atoms with Gasteiger partial charge in [-0.15, -0.1) is 0 Å². The molecule has 0 aliphatic rings. The van der Waals surface area contributed by atoms with Crippen molar-refractivity contribution in [1.82, 2.24) is 14.5 Å². The van der Waals surface area contributed by atoms with E-state index < -0.39 is 0 Å². The Balaban J connectivity index is 1.55. The van der Waals surface area contributed by atoms with Crippen molar-refractivity contribution in [1.29, 1.82) is 0 Å². The van der Waals surface area contributed by atoms with E-state index in [1.807, 2.05) is 17.8 Å². The van der Waals surface area contributed by atoms with Crippen LogP contribution in [0.3, 0.4) is 0 Å². The van der Waals surface area contributed by atoms with Crippen LogP contribution in [0.25, 0.3) is 0 Å². The molecule has 0 bridgehead atoms. The van der Waals surface area contributed by atoms with Crippen molar-refractivity contribution in [2.24, 2.45) is 7.05 Å². The smallest absolute Gasteiger partial charge is 0.285 e. The minimum Gasteiger partial charge on any atom is -0.486 e. The number of nitrogens with one attached hydrogen (secondary N) is 1. The maximum absolute atomic E-state index is 12.4. The predicted octanol–water partition coefficient (Wildman–Crippen LogP) is 4.03. The molecule has 0 saturated heterocycles. The van der Waals surface area contributed by atoms with E-state index in [4.69, 9.17) is 4.74 Å². The van der Waals surface area contributed by atoms with Gasteiger partial charge in [0, 0.05) is 49.7 Å². The molecule has 0 aliphatic carbocycles. The first-order valence-corrected chi connectivity index (χ1v) is 9.73. The van der Waals surface area contributed by atoms with Crippen molar-refractivity contribution in [3.05, 3.63) is 72.3 Å². The number of anilines is 1. The summed E-state index contributed by atoms with van der Waals surface area (Å²) in [6.45, 7) is 0.357. The third-order valence-corrected chi connectivity index (χ3v) is 5.14. The van der Waals surface area contributed by atoms with Crippen LogP contribution >= 0.6 is 11.8 Å². The number of amides is 2. The van der Waals surface area contributed by atoms with Gasteiger partial charge in [0.1, 0.15) is 18.2 Å². The molecule has 0 spiro atoms. The SMILES string of the molecule is CN(C)C(=O)Sc1ccc(NC(=O)c2ccc(OCc3nccn3C)cc2)cc1. The highest BCUT2D eigenvalue weighted by molar-refractivity contribution is 8.13. The predicted molar refractivity (Wildman–Crippen MR) is 113 cm³/mol. The van der Waals surface area contributed by atoms with Gasteiger partial charge < -0.3 is 19.5 Å². The molecule has 0 saturated carbocycles. The Kier molecular flexibility index (Phi) is 6.56. The lowest BCUT2D eigenvalue weighted by molar-refractivity contribution is 0.102. The van der Waals surface area contributed by atoms with Gasteiger partial charge in [-0.05, 0) is 60.3 Å². The summed E-state index contributed by atoms with van der Waals surface area (Å²) in [5.74, 6) is 1.27. The number of nitrogens with zero attached hydrogens (tertiary/aromatic N) is 3. The van der Waals surface area contributed by atoms with Crippen LogP contribution in [-0.2, 0) is 13.7 Å². The van der Waals surface area contributed by atoms with E-state index in [1.54, 1.807) is 68.8 Å². The fourth-order valence-corrected chi connectivity index (χ4v) is 3.04. The van der Waals surface area contributed by atoms with Crippen molar-refractivity contribution < 1.29 is 14.3 Å². The van der Waals surface area contributed by atoms with Crippen molar-refractivity contribution in [2.75, 3.05) is 19.4 Å². The van der Waals surface area contributed by atoms with Crippen molar-refractivity contribution >= 4 is 28.6 Å². The molecule has 0 atom stereocenters. The molecule has 3 aromatic rings. The number of aryl methyl sites for hydroxylation is 1. The number of hydrogen-bond acceptors (Lipinski definition) is 5. The first kappa shape index (κ1) is 20.5. The topological polar surface area (TPSA) is 76.5 Å². The summed E-state index contributed by atoms with van der Waals surface area (Å²) in [4.78, 5) is 30.7. The molecule has 0 unspecified atom stereocenters. The van der Waals surface area contributed by atoms with Crippen LogP contribution in [0.4, 0.5) is 10.5 Å². The number of carbonyl (C=O) groups excluding carboxylic acids is 2. The van der Waals surface area contributed by atoms with Crippen LogP contribution in [0, 0.1) is 0 Å². The Bertz CT molecular complexity index is 982. The number of ether oxygens (including phenoxy) is 1. The summed E-state index contributed by atoms with van der Waals surface area (Å²) >= 11 is 1.14. The molecule has 29 heavy (non-hydrogen) atoms. The number of benzene rings is 2. The summed E-state index contributed by atoms with van der Waals surface area (Å²) in [5, 5.41) is 2.80. The third kappa shape index (κ3) is 5.61. The van der Waals surface area contributed by atoms with E-state index in [0.717, 1.165) is 22.5 Å². The zero-order valence-corrected chi connectivity index (χ0v) is 17.3. The van der Waals surface area contributed by atoms with Gasteiger partial charge in [0.25, 0.3) is 11.1 Å². The quantitative estimate of drug-likeness (QED) is 0.621. The van der Waals surface area contributed by atoms with Crippen LogP contribution in [0.2, 0.25) is 0 Å². The molecule has 7 nitrogen and oxygen atoms in total. The second-order valence-electron chi connectivity index (χ2n) is 6.51. The molecule has 8 heteroatoms. The number of hydrogen-bond donors (Lipinski definition) is 1. The number of rotatable bonds is 6. The average molecular weight is 410 g/mol. The van der Waals surface area contributed by atoms with Crippen LogP contribution < -0.4 is 10.1 Å². The monoisotopic (exact) mass is 410 g/mol. The van der Waals surface area contributed by atoms with Crippen molar-refractivity contribution in [3.63, 3.8) is 0 Å². The van der Waals surface area contributed by atoms with E-state index in [1.165, 1.54) is 4.90 Å². The minimum atomic E-state index is -0.217. The van der Waals surface area contributed by atoms with E-state index in [0.29, 0.717) is 23.6 Å². The van der Waals surface area contributed by atoms with Crippen LogP contribution in [0.5, 0.6) is 5.75 Å². The van der Waals surface area contributed by atoms with Crippen LogP contribution in [0.1, 0.15) is 16.2 Å². The van der Waals surface area contributed by atoms with Crippen LogP contribution in [-0.4, -0.2) is 39.7 Å². The summed E-state index contributed by atoms with van der Waals surface area (Å²) < 4.78 is 7.59. The van der Waals surface area contributed by atoms with Gasteiger partial charge in [-0.2, -0.15) is 0 Å². The minimum absolute atomic E-state index is 0.0491. The summed E-state index contributed by atoms with van der Waals surface area (Å²) in [7, 11) is 5.32. The lowest BCUT2D eigenvalue weighted by atomic mass is 10.2. The maximum atomic E-state index is 12.4. The van der Waals surface area contributed by atoms with E-state index in [-0.39, 0.29) is 11.1 Å². The van der Waals surface area contributed by atoms with Crippen molar-refractivity contribution in [3.8, 4) is 5.75 Å². The molecule has 0 aliphatic heterocycles. The summed E-state index contributed by atoms with van der Waals surface area (Å²) in [5.41, 5.74) is 1.18. The third-order valence-electron chi connectivity index (χ3n) is 4.09. The average Bonchev–Trinajstić information content (AvgIpc) is 3.13. The molecule has 1 N–H and O–H groups in total. The Labute approximate surface area is 173 Å². The van der Waals surface area contributed by atoms with E-state index in [2.05, 4.69) is 10.3 Å². The summed E-state index contributed by atoms with van der Waals surface area (Å²) in [6, 6.07) is 14.1. The second kappa shape index (κ2) is 9.29. The molecular formula is C21H22N4O3S. The van der Waals surface area contributed by atoms with Gasteiger partial charge in [-0.1, -0.05) is 0 Å². The van der Waals surface area contributed by atoms with E-state index >= 15 is 0 Å². The highest BCUT2D eigenvalue weighted by Gasteiger charge is 2.09. The highest BCUT2D eigenvalue weighted by atomic mass is 32.2. The lowest BCUT2D eigenvalue weighted by Gasteiger charge is -2.10. The molecule has 3 rings (SSSR count). The fraction of sp³-hybridized carbons (Fsp3) is 0.190. The molecular weight excluding hydrogens is 388 g/mol. The van der Waals surface area contributed by atoms with E-state index in [9.17, 15) is 9.59 Å². The van der Waals surface area contributed by atoms with Gasteiger partial charge in [0.05, 0.1) is 0 Å². The van der Waals surface area contributed by atoms with Gasteiger partial charge >= 0.3 is 0 Å². The highest BCUT2D eigenvalue weighted by Crippen LogP contribution is 2.23. The van der Waals surface area contributed by atoms with Crippen LogP contribution in [0.15, 0.2) is 65.8 Å². The van der Waals surface area contributed by atoms with Gasteiger partial charge in [0.2, 0.25) is 0 Å². The Morgan fingerprint density at radius 3 is 2.38 bits per heavy atom. The van der Waals surface area contributed by atoms with Gasteiger partial charge in [-0.3, -0.25) is 9.59 Å².